The first kappa shape index (κ1) is 11.4. The van der Waals surface area contributed by atoms with Gasteiger partial charge in [-0.25, -0.2) is 4.39 Å². The van der Waals surface area contributed by atoms with Crippen molar-refractivity contribution < 1.29 is 17.6 Å². The van der Waals surface area contributed by atoms with Crippen LogP contribution in [0.1, 0.15) is 17.3 Å². The van der Waals surface area contributed by atoms with Crippen LogP contribution in [-0.2, 0) is 6.18 Å². The molecule has 16 heavy (non-hydrogen) atoms. The Morgan fingerprint density at radius 2 is 1.94 bits per heavy atom. The summed E-state index contributed by atoms with van der Waals surface area (Å²) in [7, 11) is 0. The maximum Gasteiger partial charge on any atom is 0.416 e. The van der Waals surface area contributed by atoms with Crippen LogP contribution in [0.4, 0.5) is 17.6 Å². The molecule has 0 bridgehead atoms. The lowest BCUT2D eigenvalue weighted by Gasteiger charge is -2.30. The lowest BCUT2D eigenvalue weighted by molar-refractivity contribution is -0.137. The van der Waals surface area contributed by atoms with Gasteiger partial charge in [0.05, 0.1) is 5.56 Å². The van der Waals surface area contributed by atoms with E-state index in [1.807, 2.05) is 0 Å². The number of hydrogen-bond donors (Lipinski definition) is 1. The molecule has 1 aromatic carbocycles. The van der Waals surface area contributed by atoms with Crippen LogP contribution in [0.3, 0.4) is 0 Å². The minimum Gasteiger partial charge on any atom is -0.316 e. The first-order valence-corrected chi connectivity index (χ1v) is 5.00. The fourth-order valence-electron chi connectivity index (χ4n) is 1.68. The molecule has 1 N–H and O–H groups in total. The third-order valence-corrected chi connectivity index (χ3v) is 2.76. The Hall–Kier alpha value is -1.10. The van der Waals surface area contributed by atoms with Gasteiger partial charge in [-0.1, -0.05) is 12.1 Å². The third-order valence-electron chi connectivity index (χ3n) is 2.76. The van der Waals surface area contributed by atoms with Gasteiger partial charge in [0.25, 0.3) is 0 Å². The van der Waals surface area contributed by atoms with Crippen LogP contribution >= 0.6 is 0 Å². The Labute approximate surface area is 90.5 Å². The van der Waals surface area contributed by atoms with Crippen LogP contribution < -0.4 is 5.32 Å². The second-order valence-electron chi connectivity index (χ2n) is 3.94. The van der Waals surface area contributed by atoms with Gasteiger partial charge >= 0.3 is 6.18 Å². The second-order valence-corrected chi connectivity index (χ2v) is 3.94. The average Bonchev–Trinajstić information content (AvgIpc) is 2.14. The summed E-state index contributed by atoms with van der Waals surface area (Å²) in [5.41, 5.74) is -0.679. The summed E-state index contributed by atoms with van der Waals surface area (Å²) in [6.07, 6.45) is -5.73. The van der Waals surface area contributed by atoms with Crippen molar-refractivity contribution >= 4 is 0 Å². The fourth-order valence-corrected chi connectivity index (χ4v) is 1.68. The number of rotatable bonds is 2. The number of nitrogens with one attached hydrogen (secondary N) is 1. The minimum atomic E-state index is -4.41. The molecule has 0 aromatic heterocycles. The number of benzene rings is 1. The predicted molar refractivity (Wildman–Crippen MR) is 51.7 cm³/mol. The van der Waals surface area contributed by atoms with E-state index in [9.17, 15) is 17.6 Å². The highest BCUT2D eigenvalue weighted by atomic mass is 19.4. The molecule has 1 nitrogen and oxygen atoms in total. The first-order valence-electron chi connectivity index (χ1n) is 5.00. The van der Waals surface area contributed by atoms with Crippen molar-refractivity contribution in [1.29, 1.82) is 0 Å². The summed E-state index contributed by atoms with van der Waals surface area (Å²) in [5.74, 6) is -0.205. The van der Waals surface area contributed by atoms with E-state index in [1.54, 1.807) is 0 Å². The van der Waals surface area contributed by atoms with Crippen LogP contribution in [0.15, 0.2) is 24.3 Å². The molecule has 0 amide bonds. The van der Waals surface area contributed by atoms with Crippen molar-refractivity contribution in [3.63, 3.8) is 0 Å². The average molecular weight is 233 g/mol. The molecule has 1 atom stereocenters. The van der Waals surface area contributed by atoms with Crippen molar-refractivity contribution in [2.45, 2.75) is 12.3 Å². The van der Waals surface area contributed by atoms with E-state index in [-0.39, 0.29) is 11.5 Å². The zero-order chi connectivity index (χ0) is 11.8. The summed E-state index contributed by atoms with van der Waals surface area (Å²) in [4.78, 5) is 0. The van der Waals surface area contributed by atoms with E-state index in [2.05, 4.69) is 5.32 Å². The lowest BCUT2D eigenvalue weighted by Crippen LogP contribution is -2.44. The molecule has 1 unspecified atom stereocenters. The van der Waals surface area contributed by atoms with Crippen LogP contribution in [0.5, 0.6) is 0 Å². The molecule has 0 aliphatic carbocycles. The molecule has 1 heterocycles. The quantitative estimate of drug-likeness (QED) is 0.774. The highest BCUT2D eigenvalue weighted by Gasteiger charge is 2.33. The summed E-state index contributed by atoms with van der Waals surface area (Å²) in [6, 6.07) is 4.49. The summed E-state index contributed by atoms with van der Waals surface area (Å²) < 4.78 is 50.9. The van der Waals surface area contributed by atoms with E-state index in [1.165, 1.54) is 12.1 Å². The van der Waals surface area contributed by atoms with Gasteiger partial charge in [0.2, 0.25) is 0 Å². The molecule has 1 aromatic rings. The van der Waals surface area contributed by atoms with Crippen molar-refractivity contribution in [2.24, 2.45) is 5.92 Å². The molecule has 5 heteroatoms. The smallest absolute Gasteiger partial charge is 0.316 e. The normalized spacial score (nSPS) is 19.2. The highest BCUT2D eigenvalue weighted by Crippen LogP contribution is 2.34. The number of hydrogen-bond acceptors (Lipinski definition) is 1. The monoisotopic (exact) mass is 233 g/mol. The predicted octanol–water partition coefficient (Wildman–Crippen LogP) is 2.94. The molecule has 1 saturated heterocycles. The van der Waals surface area contributed by atoms with Crippen LogP contribution in [0.2, 0.25) is 0 Å². The molecule has 1 aliphatic heterocycles. The Morgan fingerprint density at radius 1 is 1.25 bits per heavy atom. The Morgan fingerprint density at radius 3 is 2.44 bits per heavy atom. The van der Waals surface area contributed by atoms with Gasteiger partial charge in [0.1, 0.15) is 6.17 Å². The highest BCUT2D eigenvalue weighted by molar-refractivity contribution is 5.28. The van der Waals surface area contributed by atoms with Gasteiger partial charge in [-0.05, 0) is 17.7 Å². The third kappa shape index (κ3) is 2.19. The van der Waals surface area contributed by atoms with Gasteiger partial charge in [-0.3, -0.25) is 0 Å². The van der Waals surface area contributed by atoms with Gasteiger partial charge in [-0.2, -0.15) is 13.2 Å². The van der Waals surface area contributed by atoms with E-state index < -0.39 is 17.9 Å². The standard InChI is InChI=1S/C11H11F4N/c12-10(8-5-16-6-8)7-2-1-3-9(4-7)11(13,14)15/h1-4,8,10,16H,5-6H2. The van der Waals surface area contributed by atoms with Gasteiger partial charge in [0, 0.05) is 19.0 Å². The fraction of sp³-hybridized carbons (Fsp3) is 0.455. The molecule has 0 saturated carbocycles. The topological polar surface area (TPSA) is 12.0 Å². The lowest BCUT2D eigenvalue weighted by atomic mass is 9.91. The van der Waals surface area contributed by atoms with E-state index >= 15 is 0 Å². The van der Waals surface area contributed by atoms with E-state index in [4.69, 9.17) is 0 Å². The first-order chi connectivity index (χ1) is 7.48. The van der Waals surface area contributed by atoms with Gasteiger partial charge in [-0.15, -0.1) is 0 Å². The summed E-state index contributed by atoms with van der Waals surface area (Å²) in [6.45, 7) is 1.05. The van der Waals surface area contributed by atoms with Crippen LogP contribution in [0, 0.1) is 5.92 Å². The summed E-state index contributed by atoms with van der Waals surface area (Å²) >= 11 is 0. The van der Waals surface area contributed by atoms with E-state index in [0.717, 1.165) is 12.1 Å². The molecular formula is C11H11F4N. The zero-order valence-electron chi connectivity index (χ0n) is 8.39. The van der Waals surface area contributed by atoms with Crippen molar-refractivity contribution in [1.82, 2.24) is 5.32 Å². The molecule has 0 spiro atoms. The molecule has 0 radical (unpaired) electrons. The van der Waals surface area contributed by atoms with Crippen LogP contribution in [-0.4, -0.2) is 13.1 Å². The van der Waals surface area contributed by atoms with Crippen molar-refractivity contribution in [3.05, 3.63) is 35.4 Å². The minimum absolute atomic E-state index is 0.112. The van der Waals surface area contributed by atoms with Gasteiger partial charge in [0.15, 0.2) is 0 Å². The molecular weight excluding hydrogens is 222 g/mol. The SMILES string of the molecule is FC(c1cccc(C(F)(F)F)c1)C1CNC1. The largest absolute Gasteiger partial charge is 0.416 e. The Kier molecular flexibility index (Phi) is 2.88. The second kappa shape index (κ2) is 4.05. The van der Waals surface area contributed by atoms with Gasteiger partial charge < -0.3 is 5.32 Å². The summed E-state index contributed by atoms with van der Waals surface area (Å²) in [5, 5.41) is 2.89. The van der Waals surface area contributed by atoms with E-state index in [0.29, 0.717) is 13.1 Å². The Bertz CT molecular complexity index is 370. The maximum atomic E-state index is 13.7. The maximum absolute atomic E-state index is 13.7. The van der Waals surface area contributed by atoms with Crippen molar-refractivity contribution in [2.75, 3.05) is 13.1 Å². The zero-order valence-corrected chi connectivity index (χ0v) is 8.39. The molecule has 88 valence electrons. The molecule has 1 fully saturated rings. The van der Waals surface area contributed by atoms with Crippen LogP contribution in [0.25, 0.3) is 0 Å². The van der Waals surface area contributed by atoms with Crippen molar-refractivity contribution in [3.8, 4) is 0 Å². The molecule has 1 aliphatic rings. The number of halogens is 4. The Balaban J connectivity index is 2.21. The molecule has 2 rings (SSSR count). The number of alkyl halides is 4.